The number of rotatable bonds is 4. The minimum Gasteiger partial charge on any atom is -0.383 e. The number of hydrogen-bond donors (Lipinski definition) is 1. The second-order valence-electron chi connectivity index (χ2n) is 7.08. The molecule has 1 heterocycles. The number of halogens is 5. The molecule has 0 aliphatic carbocycles. The fraction of sp³-hybridized carbons (Fsp3) is 0.375. The normalized spacial score (nSPS) is 12.3. The van der Waals surface area contributed by atoms with E-state index in [0.717, 1.165) is 22.9 Å². The Balaban J connectivity index is 2.57. The highest BCUT2D eigenvalue weighted by atomic mass is 35.5. The van der Waals surface area contributed by atoms with Gasteiger partial charge in [0.1, 0.15) is 17.6 Å². The first-order valence-corrected chi connectivity index (χ1v) is 12.2. The largest absolute Gasteiger partial charge is 0.416 e. The molecule has 0 aliphatic heterocycles. The van der Waals surface area contributed by atoms with Gasteiger partial charge >= 0.3 is 6.18 Å². The Bertz CT molecular complexity index is 856. The smallest absolute Gasteiger partial charge is 0.383 e. The molecule has 0 aliphatic rings. The molecule has 4 nitrogen and oxygen atoms in total. The number of alkyl halides is 3. The molecule has 0 radical (unpaired) electrons. The monoisotopic (exact) mass is 420 g/mol. The summed E-state index contributed by atoms with van der Waals surface area (Å²) in [5, 5.41) is 12.9. The van der Waals surface area contributed by atoms with Crippen LogP contribution in [0.2, 0.25) is 35.7 Å². The van der Waals surface area contributed by atoms with Crippen LogP contribution in [0.5, 0.6) is 0 Å². The first-order chi connectivity index (χ1) is 11.8. The quantitative estimate of drug-likeness (QED) is 0.660. The summed E-state index contributed by atoms with van der Waals surface area (Å²) in [5.41, 5.74) is 5.86. The molecule has 0 saturated heterocycles. The fourth-order valence-corrected chi connectivity index (χ4v) is 4.05. The lowest BCUT2D eigenvalue weighted by Gasteiger charge is -2.15. The van der Waals surface area contributed by atoms with Crippen LogP contribution in [0.25, 0.3) is 5.69 Å². The van der Waals surface area contributed by atoms with E-state index in [0.29, 0.717) is 12.0 Å². The first kappa shape index (κ1) is 20.6. The maximum Gasteiger partial charge on any atom is 0.416 e. The van der Waals surface area contributed by atoms with Gasteiger partial charge < -0.3 is 5.73 Å². The molecular formula is C16H17Cl2F3N4Si. The molecule has 1 aromatic heterocycles. The summed E-state index contributed by atoms with van der Waals surface area (Å²) in [6.45, 7) is 6.55. The SMILES string of the molecule is C[Si](C)(C)CCc1c(C#N)nn(-c2c(Cl)cc(C(F)(F)F)cc2Cl)c1N. The molecule has 2 N–H and O–H groups in total. The van der Waals surface area contributed by atoms with Crippen LogP contribution >= 0.6 is 23.2 Å². The van der Waals surface area contributed by atoms with Crippen LogP contribution in [-0.2, 0) is 12.6 Å². The van der Waals surface area contributed by atoms with Crippen molar-refractivity contribution in [3.05, 3.63) is 39.0 Å². The Kier molecular flexibility index (Phi) is 5.66. The van der Waals surface area contributed by atoms with Crippen LogP contribution in [0.4, 0.5) is 19.0 Å². The summed E-state index contributed by atoms with van der Waals surface area (Å²) in [6, 6.07) is 4.38. The topological polar surface area (TPSA) is 67.6 Å². The molecule has 0 fully saturated rings. The zero-order valence-electron chi connectivity index (χ0n) is 14.4. The second-order valence-corrected chi connectivity index (χ2v) is 13.5. The van der Waals surface area contributed by atoms with E-state index in [2.05, 4.69) is 24.7 Å². The standard InChI is InChI=1S/C16H17Cl2F3N4Si/c1-26(2,3)5-4-10-13(8-22)24-25(15(10)23)14-11(17)6-9(7-12(14)18)16(19,20)21/h6-7H,4-5,23H2,1-3H3. The molecule has 0 unspecified atom stereocenters. The summed E-state index contributed by atoms with van der Waals surface area (Å²) in [4.78, 5) is 0. The molecule has 10 heteroatoms. The third kappa shape index (κ3) is 4.34. The minimum atomic E-state index is -4.58. The molecule has 0 saturated carbocycles. The van der Waals surface area contributed by atoms with Crippen molar-refractivity contribution in [3.8, 4) is 11.8 Å². The average Bonchev–Trinajstić information content (AvgIpc) is 2.79. The molecule has 0 spiro atoms. The number of benzene rings is 1. The van der Waals surface area contributed by atoms with Crippen LogP contribution in [0.15, 0.2) is 12.1 Å². The minimum absolute atomic E-state index is 0.0228. The summed E-state index contributed by atoms with van der Waals surface area (Å²) in [7, 11) is -1.40. The summed E-state index contributed by atoms with van der Waals surface area (Å²) < 4.78 is 39.8. The highest BCUT2D eigenvalue weighted by Gasteiger charge is 2.33. The molecule has 26 heavy (non-hydrogen) atoms. The van der Waals surface area contributed by atoms with E-state index in [1.54, 1.807) is 0 Å². The summed E-state index contributed by atoms with van der Waals surface area (Å²) >= 11 is 12.0. The molecule has 0 bridgehead atoms. The van der Waals surface area contributed by atoms with Crippen molar-refractivity contribution in [3.63, 3.8) is 0 Å². The number of hydrogen-bond acceptors (Lipinski definition) is 3. The second kappa shape index (κ2) is 7.14. The number of anilines is 1. The van der Waals surface area contributed by atoms with E-state index < -0.39 is 19.8 Å². The zero-order chi connectivity index (χ0) is 19.9. The van der Waals surface area contributed by atoms with E-state index >= 15 is 0 Å². The van der Waals surface area contributed by atoms with E-state index in [1.807, 2.05) is 6.07 Å². The molecule has 2 aromatic rings. The Morgan fingerprint density at radius 3 is 2.19 bits per heavy atom. The number of nitrogen functional groups attached to an aromatic ring is 1. The number of nitriles is 1. The lowest BCUT2D eigenvalue weighted by atomic mass is 10.2. The zero-order valence-corrected chi connectivity index (χ0v) is 16.9. The first-order valence-electron chi connectivity index (χ1n) is 7.69. The van der Waals surface area contributed by atoms with Crippen molar-refractivity contribution in [1.82, 2.24) is 9.78 Å². The van der Waals surface area contributed by atoms with Crippen LogP contribution in [-0.4, -0.2) is 17.9 Å². The van der Waals surface area contributed by atoms with Gasteiger partial charge in [-0.05, 0) is 18.6 Å². The molecule has 140 valence electrons. The van der Waals surface area contributed by atoms with Crippen molar-refractivity contribution in [2.45, 2.75) is 38.3 Å². The van der Waals surface area contributed by atoms with E-state index in [9.17, 15) is 18.4 Å². The van der Waals surface area contributed by atoms with Gasteiger partial charge in [0.05, 0.1) is 15.6 Å². The average molecular weight is 421 g/mol. The highest BCUT2D eigenvalue weighted by molar-refractivity contribution is 6.76. The van der Waals surface area contributed by atoms with Gasteiger partial charge in [-0.1, -0.05) is 48.9 Å². The Morgan fingerprint density at radius 2 is 1.77 bits per heavy atom. The van der Waals surface area contributed by atoms with Gasteiger partial charge in [0.15, 0.2) is 5.69 Å². The fourth-order valence-electron chi connectivity index (χ4n) is 2.40. The maximum atomic E-state index is 12.9. The molecule has 0 amide bonds. The van der Waals surface area contributed by atoms with Crippen LogP contribution in [0, 0.1) is 11.3 Å². The molecular weight excluding hydrogens is 404 g/mol. The molecule has 1 aromatic carbocycles. The van der Waals surface area contributed by atoms with Gasteiger partial charge in [-0.25, -0.2) is 4.68 Å². The predicted molar refractivity (Wildman–Crippen MR) is 99.6 cm³/mol. The molecule has 0 atom stereocenters. The number of nitrogens with two attached hydrogens (primary N) is 1. The van der Waals surface area contributed by atoms with Crippen molar-refractivity contribution in [2.24, 2.45) is 0 Å². The van der Waals surface area contributed by atoms with Gasteiger partial charge in [0.25, 0.3) is 0 Å². The van der Waals surface area contributed by atoms with Crippen molar-refractivity contribution in [1.29, 1.82) is 5.26 Å². The predicted octanol–water partition coefficient (Wildman–Crippen LogP) is 5.53. The van der Waals surface area contributed by atoms with Gasteiger partial charge in [-0.2, -0.15) is 23.5 Å². The van der Waals surface area contributed by atoms with Crippen molar-refractivity contribution >= 4 is 37.1 Å². The van der Waals surface area contributed by atoms with Gasteiger partial charge in [-0.3, -0.25) is 0 Å². The Hall–Kier alpha value is -1.69. The third-order valence-electron chi connectivity index (χ3n) is 3.81. The Labute approximate surface area is 160 Å². The van der Waals surface area contributed by atoms with Gasteiger partial charge in [-0.15, -0.1) is 0 Å². The molecule has 2 rings (SSSR count). The van der Waals surface area contributed by atoms with Gasteiger partial charge in [0, 0.05) is 13.6 Å². The lowest BCUT2D eigenvalue weighted by Crippen LogP contribution is -2.20. The highest BCUT2D eigenvalue weighted by Crippen LogP contribution is 2.38. The van der Waals surface area contributed by atoms with Crippen molar-refractivity contribution in [2.75, 3.05) is 5.73 Å². The number of nitrogens with zero attached hydrogens (tertiary/aromatic N) is 3. The van der Waals surface area contributed by atoms with E-state index in [1.165, 1.54) is 0 Å². The van der Waals surface area contributed by atoms with Crippen LogP contribution < -0.4 is 5.73 Å². The summed E-state index contributed by atoms with van der Waals surface area (Å²) in [5.74, 6) is 0.156. The van der Waals surface area contributed by atoms with Crippen LogP contribution in [0.3, 0.4) is 0 Å². The van der Waals surface area contributed by atoms with E-state index in [-0.39, 0.29) is 27.2 Å². The van der Waals surface area contributed by atoms with Crippen LogP contribution in [0.1, 0.15) is 16.8 Å². The number of aromatic nitrogens is 2. The third-order valence-corrected chi connectivity index (χ3v) is 6.14. The van der Waals surface area contributed by atoms with Crippen molar-refractivity contribution < 1.29 is 13.2 Å². The maximum absolute atomic E-state index is 12.9. The Morgan fingerprint density at radius 1 is 1.23 bits per heavy atom. The lowest BCUT2D eigenvalue weighted by molar-refractivity contribution is -0.137. The van der Waals surface area contributed by atoms with E-state index in [4.69, 9.17) is 28.9 Å². The van der Waals surface area contributed by atoms with Gasteiger partial charge in [0.2, 0.25) is 0 Å². The summed E-state index contributed by atoms with van der Waals surface area (Å²) in [6.07, 6.45) is -4.03.